The summed E-state index contributed by atoms with van der Waals surface area (Å²) in [6, 6.07) is 0. The average Bonchev–Trinajstić information content (AvgIpc) is 1.35. The second-order valence-electron chi connectivity index (χ2n) is 1.39. The van der Waals surface area contributed by atoms with Gasteiger partial charge < -0.3 is 0 Å². The summed E-state index contributed by atoms with van der Waals surface area (Å²) in [5.41, 5.74) is 0. The van der Waals surface area contributed by atoms with E-state index in [2.05, 4.69) is 6.92 Å². The van der Waals surface area contributed by atoms with Gasteiger partial charge in [-0.05, 0) is 13.3 Å². The van der Waals surface area contributed by atoms with E-state index in [0.29, 0.717) is 6.42 Å². The smallest absolute Gasteiger partial charge is 0.100 e. The van der Waals surface area contributed by atoms with E-state index in [1.165, 1.54) is 0 Å². The normalized spacial score (nSPS) is 14.5. The lowest BCUT2D eigenvalue weighted by molar-refractivity contribution is 0.372. The lowest BCUT2D eigenvalue weighted by Gasteiger charge is -1.91. The fraction of sp³-hybridized carbons (Fsp3) is 0.800. The molecule has 0 nitrogen and oxygen atoms in total. The predicted molar refractivity (Wildman–Crippen MR) is 25.2 cm³/mol. The molecule has 0 amide bonds. The van der Waals surface area contributed by atoms with Gasteiger partial charge in [-0.25, -0.2) is 4.39 Å². The summed E-state index contributed by atoms with van der Waals surface area (Å²) in [5.74, 6) is 0. The first kappa shape index (κ1) is 5.93. The maximum atomic E-state index is 11.6. The third-order valence-electron chi connectivity index (χ3n) is 0.602. The van der Waals surface area contributed by atoms with Crippen LogP contribution in [0.25, 0.3) is 0 Å². The van der Waals surface area contributed by atoms with Gasteiger partial charge in [-0.1, -0.05) is 13.3 Å². The molecule has 1 radical (unpaired) electrons. The van der Waals surface area contributed by atoms with E-state index in [9.17, 15) is 4.39 Å². The third-order valence-corrected chi connectivity index (χ3v) is 0.602. The van der Waals surface area contributed by atoms with Gasteiger partial charge in [0.05, 0.1) is 0 Å². The van der Waals surface area contributed by atoms with E-state index < -0.39 is 6.17 Å². The molecule has 0 aliphatic carbocycles. The zero-order valence-corrected chi connectivity index (χ0v) is 4.08. The second kappa shape index (κ2) is 3.13. The van der Waals surface area contributed by atoms with E-state index >= 15 is 0 Å². The van der Waals surface area contributed by atoms with Crippen molar-refractivity contribution >= 4 is 0 Å². The Morgan fingerprint density at radius 3 is 2.33 bits per heavy atom. The van der Waals surface area contributed by atoms with Gasteiger partial charge in [0.25, 0.3) is 0 Å². The van der Waals surface area contributed by atoms with E-state index in [-0.39, 0.29) is 0 Å². The minimum atomic E-state index is -0.852. The fourth-order valence-electron chi connectivity index (χ4n) is 0.313. The third kappa shape index (κ3) is 3.93. The fourth-order valence-corrected chi connectivity index (χ4v) is 0.313. The van der Waals surface area contributed by atoms with Gasteiger partial charge in [0, 0.05) is 0 Å². The molecule has 0 saturated heterocycles. The van der Waals surface area contributed by atoms with Crippen molar-refractivity contribution < 1.29 is 4.39 Å². The van der Waals surface area contributed by atoms with Crippen LogP contribution >= 0.6 is 0 Å². The Labute approximate surface area is 38.4 Å². The summed E-state index contributed by atoms with van der Waals surface area (Å²) >= 11 is 0. The molecule has 0 aromatic rings. The van der Waals surface area contributed by atoms with Crippen molar-refractivity contribution in [3.05, 3.63) is 6.92 Å². The van der Waals surface area contributed by atoms with Crippen LogP contribution in [-0.2, 0) is 0 Å². The number of rotatable bonds is 2. The van der Waals surface area contributed by atoms with Crippen LogP contribution in [0.15, 0.2) is 0 Å². The van der Waals surface area contributed by atoms with Crippen molar-refractivity contribution in [1.29, 1.82) is 0 Å². The Balaban J connectivity index is 2.63. The summed E-state index contributed by atoms with van der Waals surface area (Å²) in [4.78, 5) is 0. The molecule has 0 rings (SSSR count). The molecule has 0 heterocycles. The minimum absolute atomic E-state index is 0.597. The molecule has 0 aromatic carbocycles. The van der Waals surface area contributed by atoms with Crippen molar-refractivity contribution in [2.75, 3.05) is 0 Å². The van der Waals surface area contributed by atoms with Gasteiger partial charge >= 0.3 is 0 Å². The molecule has 0 spiro atoms. The average molecular weight is 89.1 g/mol. The molecule has 0 aliphatic rings. The van der Waals surface area contributed by atoms with Crippen LogP contribution in [0.2, 0.25) is 0 Å². The van der Waals surface area contributed by atoms with Crippen molar-refractivity contribution in [3.63, 3.8) is 0 Å². The van der Waals surface area contributed by atoms with E-state index in [1.54, 1.807) is 0 Å². The summed E-state index contributed by atoms with van der Waals surface area (Å²) < 4.78 is 11.6. The highest BCUT2D eigenvalue weighted by molar-refractivity contribution is 4.53. The van der Waals surface area contributed by atoms with Crippen molar-refractivity contribution in [2.24, 2.45) is 0 Å². The van der Waals surface area contributed by atoms with Gasteiger partial charge in [0.1, 0.15) is 6.17 Å². The van der Waals surface area contributed by atoms with Crippen LogP contribution in [0.3, 0.4) is 0 Å². The van der Waals surface area contributed by atoms with Crippen molar-refractivity contribution in [2.45, 2.75) is 25.9 Å². The van der Waals surface area contributed by atoms with Gasteiger partial charge in [-0.3, -0.25) is 0 Å². The Kier molecular flexibility index (Phi) is 3.10. The van der Waals surface area contributed by atoms with E-state index in [4.69, 9.17) is 0 Å². The first-order valence-electron chi connectivity index (χ1n) is 2.24. The Morgan fingerprint density at radius 2 is 2.33 bits per heavy atom. The standard InChI is InChI=1S/C5H10F/c1-3-4-5(2)6/h5H,2-4H2,1H3/t5-/m0/s1. The highest BCUT2D eigenvalue weighted by atomic mass is 19.1. The van der Waals surface area contributed by atoms with Gasteiger partial charge in [0.15, 0.2) is 0 Å². The molecule has 0 saturated carbocycles. The first-order valence-corrected chi connectivity index (χ1v) is 2.24. The lowest BCUT2D eigenvalue weighted by atomic mass is 10.2. The summed E-state index contributed by atoms with van der Waals surface area (Å²) in [6.07, 6.45) is 0.639. The number of halogens is 1. The van der Waals surface area contributed by atoms with Crippen LogP contribution in [0.5, 0.6) is 0 Å². The van der Waals surface area contributed by atoms with Gasteiger partial charge in [-0.2, -0.15) is 0 Å². The summed E-state index contributed by atoms with van der Waals surface area (Å²) in [7, 11) is 0. The molecule has 1 atom stereocenters. The van der Waals surface area contributed by atoms with Crippen LogP contribution in [0.4, 0.5) is 4.39 Å². The molecule has 0 aromatic heterocycles. The number of hydrogen-bond acceptors (Lipinski definition) is 0. The van der Waals surface area contributed by atoms with Gasteiger partial charge in [0.2, 0.25) is 0 Å². The quantitative estimate of drug-likeness (QED) is 0.485. The van der Waals surface area contributed by atoms with Crippen LogP contribution in [-0.4, -0.2) is 6.17 Å². The molecular weight excluding hydrogens is 79.1 g/mol. The zero-order valence-electron chi connectivity index (χ0n) is 4.08. The number of hydrogen-bond donors (Lipinski definition) is 0. The monoisotopic (exact) mass is 89.1 g/mol. The Hall–Kier alpha value is -0.0700. The molecule has 1 heteroatoms. The van der Waals surface area contributed by atoms with Gasteiger partial charge in [-0.15, -0.1) is 0 Å². The van der Waals surface area contributed by atoms with Crippen molar-refractivity contribution in [1.82, 2.24) is 0 Å². The topological polar surface area (TPSA) is 0 Å². The Morgan fingerprint density at radius 1 is 1.83 bits per heavy atom. The predicted octanol–water partition coefficient (Wildman–Crippen LogP) is 1.96. The molecular formula is C5H10F. The van der Waals surface area contributed by atoms with Crippen LogP contribution < -0.4 is 0 Å². The lowest BCUT2D eigenvalue weighted by Crippen LogP contribution is -1.88. The van der Waals surface area contributed by atoms with E-state index in [1.807, 2.05) is 6.92 Å². The highest BCUT2D eigenvalue weighted by Gasteiger charge is 1.90. The largest absolute Gasteiger partial charge is 0.247 e. The number of alkyl halides is 1. The summed E-state index contributed by atoms with van der Waals surface area (Å²) in [5, 5.41) is 0. The maximum Gasteiger partial charge on any atom is 0.100 e. The molecule has 6 heavy (non-hydrogen) atoms. The minimum Gasteiger partial charge on any atom is -0.247 e. The molecule has 0 fully saturated rings. The second-order valence-corrected chi connectivity index (χ2v) is 1.39. The van der Waals surface area contributed by atoms with Crippen LogP contribution in [0, 0.1) is 6.92 Å². The van der Waals surface area contributed by atoms with E-state index in [0.717, 1.165) is 6.42 Å². The molecule has 0 unspecified atom stereocenters. The van der Waals surface area contributed by atoms with Crippen molar-refractivity contribution in [3.8, 4) is 0 Å². The summed E-state index contributed by atoms with van der Waals surface area (Å²) in [6.45, 7) is 5.10. The molecule has 37 valence electrons. The molecule has 0 aliphatic heterocycles. The molecule has 0 N–H and O–H groups in total. The first-order chi connectivity index (χ1) is 2.77. The Bertz CT molecular complexity index is 25.1. The maximum absolute atomic E-state index is 11.6. The zero-order chi connectivity index (χ0) is 4.99. The SMILES string of the molecule is [CH2][C@H](F)CCC. The van der Waals surface area contributed by atoms with Crippen LogP contribution in [0.1, 0.15) is 19.8 Å². The molecule has 0 bridgehead atoms. The highest BCUT2D eigenvalue weighted by Crippen LogP contribution is 1.96.